The molecular weight excluding hydrogens is 385 g/mol. The zero-order valence-corrected chi connectivity index (χ0v) is 17.9. The second-order valence-electron chi connectivity index (χ2n) is 7.04. The summed E-state index contributed by atoms with van der Waals surface area (Å²) in [6, 6.07) is 20.9. The van der Waals surface area contributed by atoms with Crippen molar-refractivity contribution < 1.29 is 9.26 Å². The molecule has 0 spiro atoms. The Morgan fingerprint density at radius 1 is 0.964 bits per heavy atom. The molecule has 2 aromatic rings. The molecule has 1 aliphatic heterocycles. The summed E-state index contributed by atoms with van der Waals surface area (Å²) in [5.41, 5.74) is 3.90. The standard InChI is InChI=1S/C23H26NO2PS/c1-25-27(28,21-10-6-3-7-11-21)22-13-12-20(18-19-8-4-2-5-9-19)23(22)24-14-16-26-17-15-24/h2-11,18H,12-17H2,1H3/t27-/m0/s1. The van der Waals surface area contributed by atoms with Gasteiger partial charge in [-0.15, -0.1) is 0 Å². The van der Waals surface area contributed by atoms with Crippen LogP contribution in [0.3, 0.4) is 0 Å². The van der Waals surface area contributed by atoms with Crippen molar-refractivity contribution in [2.45, 2.75) is 12.8 Å². The van der Waals surface area contributed by atoms with E-state index in [2.05, 4.69) is 65.6 Å². The molecule has 2 aromatic carbocycles. The highest BCUT2D eigenvalue weighted by atomic mass is 32.4. The van der Waals surface area contributed by atoms with Crippen LogP contribution >= 0.6 is 6.26 Å². The Labute approximate surface area is 172 Å². The number of benzene rings is 2. The number of hydrogen-bond acceptors (Lipinski definition) is 4. The first kappa shape index (κ1) is 19.6. The van der Waals surface area contributed by atoms with E-state index in [-0.39, 0.29) is 0 Å². The fourth-order valence-corrected chi connectivity index (χ4v) is 7.20. The second-order valence-corrected chi connectivity index (χ2v) is 11.1. The molecule has 28 heavy (non-hydrogen) atoms. The Hall–Kier alpha value is -1.71. The number of ether oxygens (including phenoxy) is 1. The maximum absolute atomic E-state index is 6.24. The van der Waals surface area contributed by atoms with Gasteiger partial charge in [0.25, 0.3) is 0 Å². The molecular formula is C23H26NO2PS. The summed E-state index contributed by atoms with van der Waals surface area (Å²) in [5, 5.41) is 2.44. The minimum Gasteiger partial charge on any atom is -0.378 e. The predicted molar refractivity (Wildman–Crippen MR) is 120 cm³/mol. The van der Waals surface area contributed by atoms with Crippen molar-refractivity contribution in [1.82, 2.24) is 4.90 Å². The topological polar surface area (TPSA) is 21.7 Å². The zero-order valence-electron chi connectivity index (χ0n) is 16.2. The summed E-state index contributed by atoms with van der Waals surface area (Å²) < 4.78 is 11.7. The normalized spacial score (nSPS) is 21.2. The Morgan fingerprint density at radius 2 is 1.61 bits per heavy atom. The van der Waals surface area contributed by atoms with Gasteiger partial charge in [0.15, 0.2) is 0 Å². The molecule has 1 fully saturated rings. The number of hydrogen-bond donors (Lipinski definition) is 0. The monoisotopic (exact) mass is 411 g/mol. The van der Waals surface area contributed by atoms with Gasteiger partial charge in [0.05, 0.1) is 13.2 Å². The molecule has 0 bridgehead atoms. The highest BCUT2D eigenvalue weighted by Crippen LogP contribution is 2.60. The third-order valence-corrected chi connectivity index (χ3v) is 9.76. The first-order valence-corrected chi connectivity index (χ1v) is 12.5. The minimum absolute atomic E-state index is 0.761. The van der Waals surface area contributed by atoms with Gasteiger partial charge in [-0.05, 0) is 30.1 Å². The van der Waals surface area contributed by atoms with Crippen molar-refractivity contribution in [3.63, 3.8) is 0 Å². The van der Waals surface area contributed by atoms with Crippen LogP contribution < -0.4 is 5.30 Å². The van der Waals surface area contributed by atoms with Gasteiger partial charge in [-0.2, -0.15) is 0 Å². The van der Waals surface area contributed by atoms with E-state index in [1.165, 1.54) is 22.1 Å². The third-order valence-electron chi connectivity index (χ3n) is 5.38. The highest BCUT2D eigenvalue weighted by Gasteiger charge is 2.35. The number of nitrogens with zero attached hydrogens (tertiary/aromatic N) is 1. The number of rotatable bonds is 5. The lowest BCUT2D eigenvalue weighted by Crippen LogP contribution is -2.36. The van der Waals surface area contributed by atoms with Crippen molar-refractivity contribution in [3.05, 3.63) is 82.8 Å². The van der Waals surface area contributed by atoms with Crippen LogP contribution in [0.25, 0.3) is 6.08 Å². The van der Waals surface area contributed by atoms with Crippen molar-refractivity contribution in [2.24, 2.45) is 0 Å². The SMILES string of the molecule is CO[P@@](=S)(C1=C(N2CCOCC2)C(=Cc2ccccc2)CC1)c1ccccc1. The molecule has 1 atom stereocenters. The van der Waals surface area contributed by atoms with Gasteiger partial charge in [-0.1, -0.05) is 72.5 Å². The lowest BCUT2D eigenvalue weighted by atomic mass is 10.1. The molecule has 0 saturated carbocycles. The average molecular weight is 412 g/mol. The summed E-state index contributed by atoms with van der Waals surface area (Å²) >= 11 is 6.24. The number of morpholine rings is 1. The van der Waals surface area contributed by atoms with Crippen LogP contribution in [0.15, 0.2) is 77.2 Å². The van der Waals surface area contributed by atoms with Crippen LogP contribution in [0.4, 0.5) is 0 Å². The molecule has 0 aromatic heterocycles. The Kier molecular flexibility index (Phi) is 6.13. The van der Waals surface area contributed by atoms with Gasteiger partial charge in [-0.3, -0.25) is 0 Å². The molecule has 1 saturated heterocycles. The smallest absolute Gasteiger partial charge is 0.121 e. The molecule has 4 rings (SSSR count). The molecule has 1 aliphatic carbocycles. The summed E-state index contributed by atoms with van der Waals surface area (Å²) in [4.78, 5) is 2.46. The molecule has 1 heterocycles. The second kappa shape index (κ2) is 8.75. The van der Waals surface area contributed by atoms with Crippen LogP contribution in [0.1, 0.15) is 18.4 Å². The quantitative estimate of drug-likeness (QED) is 0.661. The van der Waals surface area contributed by atoms with E-state index >= 15 is 0 Å². The van der Waals surface area contributed by atoms with Gasteiger partial charge in [0.1, 0.15) is 6.26 Å². The zero-order chi connectivity index (χ0) is 19.4. The first-order chi connectivity index (χ1) is 13.7. The Bertz CT molecular complexity index is 918. The Balaban J connectivity index is 1.84. The first-order valence-electron chi connectivity index (χ1n) is 9.76. The minimum atomic E-state index is -2.28. The summed E-state index contributed by atoms with van der Waals surface area (Å²) in [5.74, 6) is 0. The lowest BCUT2D eigenvalue weighted by molar-refractivity contribution is 0.0548. The molecule has 146 valence electrons. The van der Waals surface area contributed by atoms with E-state index < -0.39 is 6.26 Å². The Morgan fingerprint density at radius 3 is 2.25 bits per heavy atom. The number of allylic oxidation sites excluding steroid dienone is 2. The maximum atomic E-state index is 6.24. The van der Waals surface area contributed by atoms with E-state index in [1.807, 2.05) is 6.07 Å². The molecule has 0 N–H and O–H groups in total. The molecule has 3 nitrogen and oxygen atoms in total. The van der Waals surface area contributed by atoms with Gasteiger partial charge in [0.2, 0.25) is 0 Å². The van der Waals surface area contributed by atoms with Crippen molar-refractivity contribution in [3.8, 4) is 0 Å². The van der Waals surface area contributed by atoms with Crippen LogP contribution in [-0.4, -0.2) is 38.3 Å². The summed E-state index contributed by atoms with van der Waals surface area (Å²) in [7, 11) is 1.77. The van der Waals surface area contributed by atoms with Gasteiger partial charge in [-0.25, -0.2) is 0 Å². The third kappa shape index (κ3) is 3.88. The van der Waals surface area contributed by atoms with E-state index in [9.17, 15) is 0 Å². The highest BCUT2D eigenvalue weighted by molar-refractivity contribution is 8.17. The van der Waals surface area contributed by atoms with Crippen LogP contribution in [0, 0.1) is 0 Å². The van der Waals surface area contributed by atoms with Gasteiger partial charge >= 0.3 is 0 Å². The fraction of sp³-hybridized carbons (Fsp3) is 0.304. The largest absolute Gasteiger partial charge is 0.378 e. The molecule has 0 unspecified atom stereocenters. The maximum Gasteiger partial charge on any atom is 0.121 e. The fourth-order valence-electron chi connectivity index (χ4n) is 4.02. The van der Waals surface area contributed by atoms with Crippen LogP contribution in [0.5, 0.6) is 0 Å². The van der Waals surface area contributed by atoms with Crippen molar-refractivity contribution >= 4 is 29.5 Å². The van der Waals surface area contributed by atoms with Gasteiger partial charge in [0, 0.05) is 36.5 Å². The van der Waals surface area contributed by atoms with Gasteiger partial charge < -0.3 is 14.2 Å². The summed E-state index contributed by atoms with van der Waals surface area (Å²) in [6.07, 6.45) is 2.01. The van der Waals surface area contributed by atoms with E-state index in [4.69, 9.17) is 21.1 Å². The lowest BCUT2D eigenvalue weighted by Gasteiger charge is -2.33. The van der Waals surface area contributed by atoms with E-state index in [0.29, 0.717) is 0 Å². The molecule has 5 heteroatoms. The molecule has 2 aliphatic rings. The van der Waals surface area contributed by atoms with Crippen LogP contribution in [0.2, 0.25) is 0 Å². The average Bonchev–Trinajstić information content (AvgIpc) is 3.19. The van der Waals surface area contributed by atoms with Crippen molar-refractivity contribution in [1.29, 1.82) is 0 Å². The predicted octanol–water partition coefficient (Wildman–Crippen LogP) is 4.77. The van der Waals surface area contributed by atoms with Crippen molar-refractivity contribution in [2.75, 3.05) is 33.4 Å². The van der Waals surface area contributed by atoms with E-state index in [0.717, 1.165) is 44.4 Å². The summed E-state index contributed by atoms with van der Waals surface area (Å²) in [6.45, 7) is 3.32. The molecule has 0 amide bonds. The molecule has 0 radical (unpaired) electrons. The van der Waals surface area contributed by atoms with Crippen LogP contribution in [-0.2, 0) is 21.1 Å². The van der Waals surface area contributed by atoms with E-state index in [1.54, 1.807) is 7.11 Å².